The minimum Gasteiger partial charge on any atom is -0.0970 e. The lowest BCUT2D eigenvalue weighted by Gasteiger charge is -2.45. The molecule has 0 heterocycles. The molecule has 0 bridgehead atoms. The fourth-order valence-electron chi connectivity index (χ4n) is 2.52. The highest BCUT2D eigenvalue weighted by molar-refractivity contribution is 7.76. The third kappa shape index (κ3) is 6.02. The van der Waals surface area contributed by atoms with Crippen molar-refractivity contribution in [3.05, 3.63) is 0 Å². The van der Waals surface area contributed by atoms with Crippen LogP contribution in [0, 0.1) is 0 Å². The summed E-state index contributed by atoms with van der Waals surface area (Å²) in [4.78, 5) is 0. The molecule has 0 N–H and O–H groups in total. The Bertz CT molecular complexity index is 196. The lowest BCUT2D eigenvalue weighted by Crippen LogP contribution is -2.27. The maximum Gasteiger partial charge on any atom is -0.0106 e. The highest BCUT2D eigenvalue weighted by Gasteiger charge is 2.36. The molecule has 0 aromatic heterocycles. The predicted octanol–water partition coefficient (Wildman–Crippen LogP) is 6.32. The van der Waals surface area contributed by atoms with Gasteiger partial charge in [-0.3, -0.25) is 0 Å². The molecule has 0 atom stereocenters. The Morgan fingerprint density at radius 3 is 1.18 bits per heavy atom. The van der Waals surface area contributed by atoms with E-state index in [2.05, 4.69) is 69.2 Å². The van der Waals surface area contributed by atoms with Crippen molar-refractivity contribution in [3.8, 4) is 0 Å². The summed E-state index contributed by atoms with van der Waals surface area (Å²) in [5, 5.41) is 0.968. The Labute approximate surface area is 113 Å². The van der Waals surface area contributed by atoms with E-state index in [0.29, 0.717) is 10.3 Å². The normalized spacial score (nSPS) is 14.5. The fraction of sp³-hybridized carbons (Fsp3) is 1.00. The first-order valence-electron chi connectivity index (χ1n) is 6.91. The average molecular weight is 276 g/mol. The van der Waals surface area contributed by atoms with Crippen LogP contribution in [-0.4, -0.2) is 27.5 Å². The summed E-state index contributed by atoms with van der Waals surface area (Å²) in [7, 11) is 0.264. The molecule has 0 fully saturated rings. The van der Waals surface area contributed by atoms with Gasteiger partial charge in [-0.15, -0.1) is 0 Å². The molecule has 0 unspecified atom stereocenters. The zero-order valence-electron chi connectivity index (χ0n) is 13.8. The molecule has 0 radical (unpaired) electrons. The summed E-state index contributed by atoms with van der Waals surface area (Å²) in [5.41, 5.74) is 1.75. The van der Waals surface area contributed by atoms with Crippen LogP contribution >= 0.6 is 15.8 Å². The molecule has 0 amide bonds. The van der Waals surface area contributed by atoms with E-state index in [1.54, 1.807) is 0 Å². The topological polar surface area (TPSA) is 0 Å². The molecule has 104 valence electrons. The van der Waals surface area contributed by atoms with E-state index >= 15 is 0 Å². The van der Waals surface area contributed by atoms with Crippen LogP contribution in [0.1, 0.15) is 69.2 Å². The molecule has 2 heteroatoms. The van der Waals surface area contributed by atoms with Crippen LogP contribution in [0.15, 0.2) is 0 Å². The average Bonchev–Trinajstić information content (AvgIpc) is 1.96. The van der Waals surface area contributed by atoms with Gasteiger partial charge in [0.1, 0.15) is 0 Å². The first kappa shape index (κ1) is 17.9. The molecular weight excluding hydrogens is 242 g/mol. The van der Waals surface area contributed by atoms with Crippen LogP contribution in [0.25, 0.3) is 0 Å². The monoisotopic (exact) mass is 276 g/mol. The van der Waals surface area contributed by atoms with Crippen LogP contribution in [0.2, 0.25) is 0 Å². The highest BCUT2D eigenvalue weighted by atomic mass is 31.2. The second-order valence-electron chi connectivity index (χ2n) is 7.61. The van der Waals surface area contributed by atoms with Crippen LogP contribution in [0.5, 0.6) is 0 Å². The second kappa shape index (κ2) is 6.34. The lowest BCUT2D eigenvalue weighted by molar-refractivity contribution is 0.709. The van der Waals surface area contributed by atoms with Crippen LogP contribution < -0.4 is 0 Å². The Morgan fingerprint density at radius 2 is 1.00 bits per heavy atom. The largest absolute Gasteiger partial charge is 0.0970 e. The van der Waals surface area contributed by atoms with Crippen molar-refractivity contribution < 1.29 is 0 Å². The number of hydrogen-bond acceptors (Lipinski definition) is 0. The van der Waals surface area contributed by atoms with Crippen LogP contribution in [-0.2, 0) is 0 Å². The third-order valence-electron chi connectivity index (χ3n) is 3.25. The smallest absolute Gasteiger partial charge is 0.0106 e. The quantitative estimate of drug-likeness (QED) is 0.527. The van der Waals surface area contributed by atoms with Gasteiger partial charge in [0.25, 0.3) is 0 Å². The summed E-state index contributed by atoms with van der Waals surface area (Å²) in [6.45, 7) is 24.3. The molecule has 0 saturated carbocycles. The van der Waals surface area contributed by atoms with Gasteiger partial charge in [-0.1, -0.05) is 85.1 Å². The number of hydrogen-bond donors (Lipinski definition) is 0. The molecule has 0 saturated heterocycles. The van der Waals surface area contributed by atoms with Gasteiger partial charge in [-0.05, 0) is 27.5 Å². The van der Waals surface area contributed by atoms with E-state index in [1.165, 1.54) is 5.90 Å². The summed E-state index contributed by atoms with van der Waals surface area (Å²) in [6.07, 6.45) is 0. The van der Waals surface area contributed by atoms with Gasteiger partial charge in [0.05, 0.1) is 0 Å². The van der Waals surface area contributed by atoms with Crippen molar-refractivity contribution >= 4 is 15.8 Å². The van der Waals surface area contributed by atoms with E-state index < -0.39 is 0 Å². The minimum absolute atomic E-state index is 0.0818. The standard InChI is InChI=1S/C15H34P2/c1-12(2)16(13(3)4)11-17(14(5,6)7)15(8,9)10/h12-13H,11H2,1-10H3. The molecule has 0 aliphatic carbocycles. The van der Waals surface area contributed by atoms with Crippen molar-refractivity contribution in [2.75, 3.05) is 5.90 Å². The van der Waals surface area contributed by atoms with Crippen molar-refractivity contribution in [2.24, 2.45) is 0 Å². The SMILES string of the molecule is CC(C)P(CP(C(C)(C)C)C(C)(C)C)C(C)C. The Hall–Kier alpha value is 0.860. The summed E-state index contributed by atoms with van der Waals surface area (Å²) in [6, 6.07) is 0. The third-order valence-corrected chi connectivity index (χ3v) is 11.6. The van der Waals surface area contributed by atoms with Crippen molar-refractivity contribution in [1.82, 2.24) is 0 Å². The maximum atomic E-state index is 2.44. The van der Waals surface area contributed by atoms with Gasteiger partial charge >= 0.3 is 0 Å². The van der Waals surface area contributed by atoms with E-state index in [4.69, 9.17) is 0 Å². The zero-order valence-corrected chi connectivity index (χ0v) is 15.5. The molecule has 0 nitrogen and oxygen atoms in total. The molecule has 0 aliphatic heterocycles. The van der Waals surface area contributed by atoms with Gasteiger partial charge in [0, 0.05) is 0 Å². The molecule has 0 aromatic rings. The van der Waals surface area contributed by atoms with Crippen LogP contribution in [0.4, 0.5) is 0 Å². The van der Waals surface area contributed by atoms with Gasteiger partial charge < -0.3 is 0 Å². The molecular formula is C15H34P2. The Kier molecular flexibility index (Phi) is 6.66. The van der Waals surface area contributed by atoms with Gasteiger partial charge in [-0.2, -0.15) is 0 Å². The maximum absolute atomic E-state index is 2.44. The molecule has 17 heavy (non-hydrogen) atoms. The highest BCUT2D eigenvalue weighted by Crippen LogP contribution is 2.67. The van der Waals surface area contributed by atoms with Crippen molar-refractivity contribution in [3.63, 3.8) is 0 Å². The molecule has 0 aromatic carbocycles. The summed E-state index contributed by atoms with van der Waals surface area (Å²) in [5.74, 6) is 1.49. The van der Waals surface area contributed by atoms with Crippen LogP contribution in [0.3, 0.4) is 0 Å². The van der Waals surface area contributed by atoms with E-state index in [9.17, 15) is 0 Å². The minimum atomic E-state index is 0.0818. The Morgan fingerprint density at radius 1 is 0.706 bits per heavy atom. The van der Waals surface area contributed by atoms with Crippen molar-refractivity contribution in [2.45, 2.75) is 90.9 Å². The first-order chi connectivity index (χ1) is 7.37. The van der Waals surface area contributed by atoms with Gasteiger partial charge in [-0.25, -0.2) is 0 Å². The Balaban J connectivity index is 4.99. The first-order valence-corrected chi connectivity index (χ1v) is 10.1. The summed E-state index contributed by atoms with van der Waals surface area (Å²) >= 11 is 0. The number of rotatable bonds is 4. The summed E-state index contributed by atoms with van der Waals surface area (Å²) < 4.78 is 0. The van der Waals surface area contributed by atoms with Gasteiger partial charge in [0.15, 0.2) is 0 Å². The lowest BCUT2D eigenvalue weighted by atomic mass is 10.2. The molecule has 0 aliphatic rings. The van der Waals surface area contributed by atoms with E-state index in [-0.39, 0.29) is 15.8 Å². The van der Waals surface area contributed by atoms with E-state index in [1.807, 2.05) is 0 Å². The molecule has 0 spiro atoms. The molecule has 0 rings (SSSR count). The predicted molar refractivity (Wildman–Crippen MR) is 88.5 cm³/mol. The van der Waals surface area contributed by atoms with Gasteiger partial charge in [0.2, 0.25) is 0 Å². The zero-order chi connectivity index (χ0) is 14.0. The fourth-order valence-corrected chi connectivity index (χ4v) is 13.0. The second-order valence-corrected chi connectivity index (χ2v) is 15.4. The van der Waals surface area contributed by atoms with E-state index in [0.717, 1.165) is 11.3 Å². The van der Waals surface area contributed by atoms with Crippen molar-refractivity contribution in [1.29, 1.82) is 0 Å².